The Balaban J connectivity index is 1.85. The Bertz CT molecular complexity index is 555. The molecule has 1 fully saturated rings. The molecule has 0 aromatic carbocycles. The molecule has 0 amide bonds. The van der Waals surface area contributed by atoms with Gasteiger partial charge in [0.2, 0.25) is 11.9 Å². The summed E-state index contributed by atoms with van der Waals surface area (Å²) in [6.45, 7) is 1.88. The highest BCUT2D eigenvalue weighted by molar-refractivity contribution is 5.37. The third-order valence-corrected chi connectivity index (χ3v) is 2.85. The summed E-state index contributed by atoms with van der Waals surface area (Å²) in [4.78, 5) is 18.5. The Hall–Kier alpha value is -2.44. The summed E-state index contributed by atoms with van der Waals surface area (Å²) >= 11 is 0. The number of hydrogen-bond donors (Lipinski definition) is 1. The highest BCUT2D eigenvalue weighted by atomic mass is 16.5. The van der Waals surface area contributed by atoms with Crippen LogP contribution in [0.15, 0.2) is 24.5 Å². The van der Waals surface area contributed by atoms with E-state index in [2.05, 4.69) is 24.8 Å². The zero-order valence-electron chi connectivity index (χ0n) is 10.4. The van der Waals surface area contributed by atoms with Crippen LogP contribution in [-0.4, -0.2) is 33.0 Å². The third kappa shape index (κ3) is 2.70. The topological polar surface area (TPSA) is 90.0 Å². The highest BCUT2D eigenvalue weighted by Gasteiger charge is 2.17. The highest BCUT2D eigenvalue weighted by Crippen LogP contribution is 2.21. The first kappa shape index (κ1) is 11.6. The molecule has 1 saturated heterocycles. The van der Waals surface area contributed by atoms with E-state index in [1.54, 1.807) is 24.5 Å². The number of nitrogens with two attached hydrogens (primary N) is 1. The Labute approximate surface area is 110 Å². The van der Waals surface area contributed by atoms with Gasteiger partial charge in [0.25, 0.3) is 0 Å². The van der Waals surface area contributed by atoms with Crippen LogP contribution in [0.4, 0.5) is 11.9 Å². The van der Waals surface area contributed by atoms with Crippen LogP contribution in [0.5, 0.6) is 11.8 Å². The molecule has 19 heavy (non-hydrogen) atoms. The summed E-state index contributed by atoms with van der Waals surface area (Å²) in [5.41, 5.74) is 5.70. The van der Waals surface area contributed by atoms with Gasteiger partial charge in [0.05, 0.1) is 6.20 Å². The number of ether oxygens (including phenoxy) is 1. The minimum Gasteiger partial charge on any atom is -0.422 e. The van der Waals surface area contributed by atoms with Gasteiger partial charge in [-0.2, -0.15) is 15.0 Å². The zero-order chi connectivity index (χ0) is 13.1. The van der Waals surface area contributed by atoms with Crippen molar-refractivity contribution >= 4 is 11.9 Å². The predicted molar refractivity (Wildman–Crippen MR) is 70.0 cm³/mol. The molecule has 0 atom stereocenters. The molecule has 0 aliphatic carbocycles. The van der Waals surface area contributed by atoms with Crippen molar-refractivity contribution in [3.63, 3.8) is 0 Å². The molecule has 0 radical (unpaired) electrons. The van der Waals surface area contributed by atoms with Gasteiger partial charge in [-0.15, -0.1) is 0 Å². The molecule has 0 spiro atoms. The average Bonchev–Trinajstić information content (AvgIpc) is 2.93. The first-order valence-corrected chi connectivity index (χ1v) is 6.16. The molecule has 3 rings (SSSR count). The molecule has 1 aliphatic heterocycles. The quantitative estimate of drug-likeness (QED) is 0.885. The maximum Gasteiger partial charge on any atom is 0.328 e. The van der Waals surface area contributed by atoms with Crippen LogP contribution < -0.4 is 15.4 Å². The van der Waals surface area contributed by atoms with E-state index in [9.17, 15) is 0 Å². The van der Waals surface area contributed by atoms with Crippen LogP contribution >= 0.6 is 0 Å². The molecule has 0 unspecified atom stereocenters. The SMILES string of the molecule is Nc1nc(Oc2cccnc2)nc(N2CCCC2)n1. The van der Waals surface area contributed by atoms with Crippen LogP contribution in [0.3, 0.4) is 0 Å². The lowest BCUT2D eigenvalue weighted by Crippen LogP contribution is -2.21. The Morgan fingerprint density at radius 1 is 1.16 bits per heavy atom. The molecule has 2 aromatic heterocycles. The maximum atomic E-state index is 5.70. The van der Waals surface area contributed by atoms with Gasteiger partial charge in [-0.25, -0.2) is 0 Å². The Kier molecular flexibility index (Phi) is 3.09. The van der Waals surface area contributed by atoms with Gasteiger partial charge < -0.3 is 15.4 Å². The molecular weight excluding hydrogens is 244 g/mol. The molecule has 7 heteroatoms. The van der Waals surface area contributed by atoms with Gasteiger partial charge in [-0.3, -0.25) is 4.98 Å². The van der Waals surface area contributed by atoms with Crippen molar-refractivity contribution in [3.05, 3.63) is 24.5 Å². The van der Waals surface area contributed by atoms with E-state index in [4.69, 9.17) is 10.5 Å². The largest absolute Gasteiger partial charge is 0.422 e. The molecule has 1 aliphatic rings. The van der Waals surface area contributed by atoms with E-state index in [0.29, 0.717) is 11.7 Å². The van der Waals surface area contributed by atoms with Gasteiger partial charge >= 0.3 is 6.01 Å². The van der Waals surface area contributed by atoms with Crippen LogP contribution in [0.2, 0.25) is 0 Å². The second kappa shape index (κ2) is 5.05. The fraction of sp³-hybridized carbons (Fsp3) is 0.333. The lowest BCUT2D eigenvalue weighted by molar-refractivity contribution is 0.438. The van der Waals surface area contributed by atoms with Gasteiger partial charge in [-0.05, 0) is 25.0 Å². The second-order valence-corrected chi connectivity index (χ2v) is 4.26. The van der Waals surface area contributed by atoms with E-state index in [1.165, 1.54) is 0 Å². The van der Waals surface area contributed by atoms with Crippen LogP contribution in [-0.2, 0) is 0 Å². The normalized spacial score (nSPS) is 14.6. The van der Waals surface area contributed by atoms with Gasteiger partial charge in [-0.1, -0.05) is 0 Å². The van der Waals surface area contributed by atoms with Crippen molar-refractivity contribution in [3.8, 4) is 11.8 Å². The molecular formula is C12H14N6O. The molecule has 3 heterocycles. The van der Waals surface area contributed by atoms with E-state index >= 15 is 0 Å². The number of rotatable bonds is 3. The number of nitrogens with zero attached hydrogens (tertiary/aromatic N) is 5. The average molecular weight is 258 g/mol. The molecule has 0 saturated carbocycles. The van der Waals surface area contributed by atoms with Gasteiger partial charge in [0.1, 0.15) is 5.75 Å². The third-order valence-electron chi connectivity index (χ3n) is 2.85. The van der Waals surface area contributed by atoms with Crippen molar-refractivity contribution < 1.29 is 4.74 Å². The fourth-order valence-electron chi connectivity index (χ4n) is 1.98. The van der Waals surface area contributed by atoms with Crippen LogP contribution in [0, 0.1) is 0 Å². The monoisotopic (exact) mass is 258 g/mol. The second-order valence-electron chi connectivity index (χ2n) is 4.26. The lowest BCUT2D eigenvalue weighted by atomic mass is 10.4. The molecule has 98 valence electrons. The minimum atomic E-state index is 0.163. The van der Waals surface area contributed by atoms with E-state index < -0.39 is 0 Å². The number of anilines is 2. The summed E-state index contributed by atoms with van der Waals surface area (Å²) in [7, 11) is 0. The van der Waals surface area contributed by atoms with Gasteiger partial charge in [0.15, 0.2) is 0 Å². The zero-order valence-corrected chi connectivity index (χ0v) is 10.4. The standard InChI is InChI=1S/C12H14N6O/c13-10-15-11(18-6-1-2-7-18)17-12(16-10)19-9-4-3-5-14-8-9/h3-5,8H,1-2,6-7H2,(H2,13,15,16,17). The van der Waals surface area contributed by atoms with E-state index in [0.717, 1.165) is 25.9 Å². The van der Waals surface area contributed by atoms with Crippen molar-refractivity contribution in [2.45, 2.75) is 12.8 Å². The molecule has 2 N–H and O–H groups in total. The van der Waals surface area contributed by atoms with Crippen molar-refractivity contribution in [2.75, 3.05) is 23.7 Å². The number of pyridine rings is 1. The Morgan fingerprint density at radius 2 is 2.00 bits per heavy atom. The van der Waals surface area contributed by atoms with Crippen LogP contribution in [0.25, 0.3) is 0 Å². The maximum absolute atomic E-state index is 5.70. The number of hydrogen-bond acceptors (Lipinski definition) is 7. The first-order valence-electron chi connectivity index (χ1n) is 6.16. The molecule has 0 bridgehead atoms. The molecule has 2 aromatic rings. The lowest BCUT2D eigenvalue weighted by Gasteiger charge is -2.15. The van der Waals surface area contributed by atoms with Crippen LogP contribution in [0.1, 0.15) is 12.8 Å². The fourth-order valence-corrected chi connectivity index (χ4v) is 1.98. The van der Waals surface area contributed by atoms with Gasteiger partial charge in [0, 0.05) is 19.3 Å². The summed E-state index contributed by atoms with van der Waals surface area (Å²) in [6, 6.07) is 3.76. The van der Waals surface area contributed by atoms with Crippen molar-refractivity contribution in [2.24, 2.45) is 0 Å². The number of aromatic nitrogens is 4. The first-order chi connectivity index (χ1) is 9.31. The summed E-state index contributed by atoms with van der Waals surface area (Å²) < 4.78 is 5.53. The number of nitrogen functional groups attached to an aromatic ring is 1. The smallest absolute Gasteiger partial charge is 0.328 e. The summed E-state index contributed by atoms with van der Waals surface area (Å²) in [5, 5.41) is 0. The predicted octanol–water partition coefficient (Wildman–Crippen LogP) is 1.24. The van der Waals surface area contributed by atoms with E-state index in [-0.39, 0.29) is 12.0 Å². The van der Waals surface area contributed by atoms with Crippen molar-refractivity contribution in [1.29, 1.82) is 0 Å². The summed E-state index contributed by atoms with van der Waals surface area (Å²) in [5.74, 6) is 1.31. The molecule has 7 nitrogen and oxygen atoms in total. The Morgan fingerprint density at radius 3 is 2.74 bits per heavy atom. The van der Waals surface area contributed by atoms with Crippen molar-refractivity contribution in [1.82, 2.24) is 19.9 Å². The summed E-state index contributed by atoms with van der Waals surface area (Å²) in [6.07, 6.45) is 5.55. The minimum absolute atomic E-state index is 0.163. The van der Waals surface area contributed by atoms with E-state index in [1.807, 2.05) is 0 Å².